The minimum Gasteiger partial charge on any atom is -0.616 e. The van der Waals surface area contributed by atoms with Gasteiger partial charge < -0.3 is 14.6 Å². The van der Waals surface area contributed by atoms with Gasteiger partial charge in [0.25, 0.3) is 0 Å². The molecule has 2 N–H and O–H groups in total. The maximum Gasteiger partial charge on any atom is 0.161 e. The van der Waals surface area contributed by atoms with Gasteiger partial charge in [0.2, 0.25) is 0 Å². The lowest BCUT2D eigenvalue weighted by Gasteiger charge is -2.27. The van der Waals surface area contributed by atoms with Gasteiger partial charge >= 0.3 is 0 Å². The smallest absolute Gasteiger partial charge is 0.161 e. The number of benzene rings is 3. The Balaban J connectivity index is 1.46. The topological polar surface area (TPSA) is 89.8 Å². The Labute approximate surface area is 269 Å². The average Bonchev–Trinajstić information content (AvgIpc) is 3.62. The molecule has 2 atom stereocenters. The Hall–Kier alpha value is -3.18. The molecule has 2 aromatic heterocycles. The number of fused-ring (bicyclic) bond motifs is 8. The van der Waals surface area contributed by atoms with Crippen molar-refractivity contribution in [2.75, 3.05) is 18.1 Å². The Morgan fingerprint density at radius 2 is 1.98 bits per heavy atom. The third-order valence-electron chi connectivity index (χ3n) is 8.59. The van der Waals surface area contributed by atoms with Gasteiger partial charge in [0.1, 0.15) is 23.1 Å². The first kappa shape index (κ1) is 31.8. The molecule has 1 aliphatic heterocycles. The number of halogens is 2. The Morgan fingerprint density at radius 1 is 1.13 bits per heavy atom. The van der Waals surface area contributed by atoms with Gasteiger partial charge in [-0.25, -0.2) is 18.4 Å². The molecule has 4 bridgehead atoms. The fraction of sp³-hybridized carbons (Fsp3) is 0.371. The molecule has 0 saturated carbocycles. The van der Waals surface area contributed by atoms with E-state index in [2.05, 4.69) is 31.0 Å². The number of aliphatic hydroxyl groups excluding tert-OH is 1. The van der Waals surface area contributed by atoms with Crippen LogP contribution in [0.15, 0.2) is 70.6 Å². The van der Waals surface area contributed by atoms with E-state index in [-0.39, 0.29) is 23.8 Å². The number of nitrogens with zero attached hydrogens (tertiary/aromatic N) is 3. The van der Waals surface area contributed by atoms with Gasteiger partial charge in [-0.15, -0.1) is 0 Å². The van der Waals surface area contributed by atoms with Crippen LogP contribution in [0.1, 0.15) is 61.5 Å². The van der Waals surface area contributed by atoms with Crippen molar-refractivity contribution < 1.29 is 18.4 Å². The zero-order valence-corrected chi connectivity index (χ0v) is 27.4. The second-order valence-corrected chi connectivity index (χ2v) is 15.3. The molecule has 6 nitrogen and oxygen atoms in total. The zero-order valence-electron chi connectivity index (χ0n) is 25.8. The SMILES string of the molecule is Cn1nc2nc1-c1cc(ccc1F)Sc1c(F)cc3[nH]ccc3c1CC[S+]([O-])CC(C)(C)CCCC2c1cccc(CCO)c1. The summed E-state index contributed by atoms with van der Waals surface area (Å²) in [6.07, 6.45) is 5.27. The highest BCUT2D eigenvalue weighted by Gasteiger charge is 2.29. The number of aliphatic hydroxyl groups is 1. The molecule has 5 aromatic rings. The molecule has 6 rings (SSSR count). The lowest BCUT2D eigenvalue weighted by molar-refractivity contribution is 0.299. The number of H-pyrrole nitrogens is 1. The maximum absolute atomic E-state index is 15.7. The molecule has 1 aliphatic rings. The van der Waals surface area contributed by atoms with E-state index in [0.29, 0.717) is 56.9 Å². The number of hydrogen-bond donors (Lipinski definition) is 2. The first-order valence-electron chi connectivity index (χ1n) is 15.3. The van der Waals surface area contributed by atoms with Crippen molar-refractivity contribution in [1.29, 1.82) is 0 Å². The first-order valence-corrected chi connectivity index (χ1v) is 17.6. The molecule has 0 aliphatic carbocycles. The Kier molecular flexibility index (Phi) is 9.38. The normalized spacial score (nSPS) is 19.2. The summed E-state index contributed by atoms with van der Waals surface area (Å²) in [5.41, 5.74) is 3.70. The minimum atomic E-state index is -1.11. The molecule has 0 spiro atoms. The average molecular weight is 649 g/mol. The molecular weight excluding hydrogens is 611 g/mol. The summed E-state index contributed by atoms with van der Waals surface area (Å²) in [5, 5.41) is 15.2. The zero-order chi connectivity index (χ0) is 31.7. The van der Waals surface area contributed by atoms with Gasteiger partial charge in [0.15, 0.2) is 11.6 Å². The van der Waals surface area contributed by atoms with E-state index in [4.69, 9.17) is 10.1 Å². The van der Waals surface area contributed by atoms with Crippen LogP contribution < -0.4 is 0 Å². The van der Waals surface area contributed by atoms with E-state index in [1.54, 1.807) is 30.1 Å². The van der Waals surface area contributed by atoms with E-state index >= 15 is 8.78 Å². The van der Waals surface area contributed by atoms with Gasteiger partial charge in [-0.1, -0.05) is 67.5 Å². The third-order valence-corrected chi connectivity index (χ3v) is 11.5. The van der Waals surface area contributed by atoms with Crippen LogP contribution in [0.5, 0.6) is 0 Å². The highest BCUT2D eigenvalue weighted by molar-refractivity contribution is 7.99. The summed E-state index contributed by atoms with van der Waals surface area (Å²) in [7, 11) is 1.77. The molecule has 10 heteroatoms. The van der Waals surface area contributed by atoms with Crippen LogP contribution in [0.2, 0.25) is 0 Å². The second kappa shape index (κ2) is 13.3. The summed E-state index contributed by atoms with van der Waals surface area (Å²) in [6.45, 7) is 4.37. The number of rotatable bonds is 3. The predicted molar refractivity (Wildman–Crippen MR) is 177 cm³/mol. The van der Waals surface area contributed by atoms with Crippen LogP contribution in [-0.4, -0.2) is 47.5 Å². The van der Waals surface area contributed by atoms with Crippen LogP contribution in [0.25, 0.3) is 22.3 Å². The summed E-state index contributed by atoms with van der Waals surface area (Å²) in [4.78, 5) is 9.15. The van der Waals surface area contributed by atoms with Gasteiger partial charge in [0, 0.05) is 53.4 Å². The summed E-state index contributed by atoms with van der Waals surface area (Å²) in [6, 6.07) is 16.3. The third kappa shape index (κ3) is 6.99. The van der Waals surface area contributed by atoms with Crippen molar-refractivity contribution in [3.05, 3.63) is 94.9 Å². The van der Waals surface area contributed by atoms with E-state index < -0.39 is 17.0 Å². The lowest BCUT2D eigenvalue weighted by atomic mass is 9.85. The van der Waals surface area contributed by atoms with Crippen molar-refractivity contribution in [1.82, 2.24) is 19.7 Å². The van der Waals surface area contributed by atoms with E-state index in [9.17, 15) is 9.66 Å². The standard InChI is InChI=1S/C35H38F2N4O2S2/c1-35(2)14-5-8-25(23-7-4-6-22(18-23)12-16-42)33-39-34(41(3)40-33)28-19-24(9-10-29(28)36)44-32-27(13-17-45(43)21-35)26-11-15-38-31(26)20-30(32)37/h4,6-7,9-11,15,18-20,25,38,42H,5,8,12-14,16-17,21H2,1-3H3. The maximum atomic E-state index is 15.7. The lowest BCUT2D eigenvalue weighted by Crippen LogP contribution is -2.27. The molecule has 0 radical (unpaired) electrons. The molecule has 236 valence electrons. The van der Waals surface area contributed by atoms with Crippen molar-refractivity contribution in [2.45, 2.75) is 61.7 Å². The van der Waals surface area contributed by atoms with Gasteiger partial charge in [-0.2, -0.15) is 5.10 Å². The molecule has 45 heavy (non-hydrogen) atoms. The molecule has 3 heterocycles. The van der Waals surface area contributed by atoms with Crippen molar-refractivity contribution in [2.24, 2.45) is 12.5 Å². The minimum absolute atomic E-state index is 0.0590. The van der Waals surface area contributed by atoms with E-state index in [0.717, 1.165) is 41.3 Å². The molecular formula is C35H38F2N4O2S2. The summed E-state index contributed by atoms with van der Waals surface area (Å²) in [5.74, 6) is 1.02. The molecule has 0 amide bonds. The van der Waals surface area contributed by atoms with Crippen LogP contribution in [0, 0.1) is 17.0 Å². The van der Waals surface area contributed by atoms with Crippen molar-refractivity contribution in [3.8, 4) is 11.4 Å². The molecule has 0 saturated heterocycles. The van der Waals surface area contributed by atoms with E-state index in [1.165, 1.54) is 23.9 Å². The van der Waals surface area contributed by atoms with Gasteiger partial charge in [-0.3, -0.25) is 0 Å². The highest BCUT2D eigenvalue weighted by Crippen LogP contribution is 2.40. The largest absolute Gasteiger partial charge is 0.616 e. The van der Waals surface area contributed by atoms with Gasteiger partial charge in [0.05, 0.1) is 10.5 Å². The Bertz CT molecular complexity index is 1820. The fourth-order valence-corrected chi connectivity index (χ4v) is 8.98. The number of aromatic nitrogens is 4. The van der Waals surface area contributed by atoms with Crippen LogP contribution in [0.3, 0.4) is 0 Å². The number of aromatic amines is 1. The number of aryl methyl sites for hydroxylation is 2. The predicted octanol–water partition coefficient (Wildman–Crippen LogP) is 7.56. The second-order valence-electron chi connectivity index (χ2n) is 12.6. The summed E-state index contributed by atoms with van der Waals surface area (Å²) < 4.78 is 46.2. The monoisotopic (exact) mass is 648 g/mol. The van der Waals surface area contributed by atoms with Crippen molar-refractivity contribution in [3.63, 3.8) is 0 Å². The first-order chi connectivity index (χ1) is 21.6. The van der Waals surface area contributed by atoms with Gasteiger partial charge in [-0.05, 0) is 66.3 Å². The van der Waals surface area contributed by atoms with Crippen molar-refractivity contribution >= 4 is 33.8 Å². The molecule has 3 aromatic carbocycles. The molecule has 0 fully saturated rings. The Morgan fingerprint density at radius 3 is 2.80 bits per heavy atom. The highest BCUT2D eigenvalue weighted by atomic mass is 32.2. The van der Waals surface area contributed by atoms with Crippen LogP contribution in [-0.2, 0) is 31.1 Å². The van der Waals surface area contributed by atoms with Crippen LogP contribution >= 0.6 is 11.8 Å². The number of nitrogens with one attached hydrogen (secondary N) is 1. The molecule has 2 unspecified atom stereocenters. The summed E-state index contributed by atoms with van der Waals surface area (Å²) >= 11 is 0.138. The number of hydrogen-bond acceptors (Lipinski definition) is 5. The van der Waals surface area contributed by atoms with Crippen LogP contribution in [0.4, 0.5) is 8.78 Å². The quantitative estimate of drug-likeness (QED) is 0.197. The van der Waals surface area contributed by atoms with E-state index in [1.807, 2.05) is 18.2 Å². The fourth-order valence-electron chi connectivity index (χ4n) is 6.35.